The average molecular weight is 370 g/mol. The number of aromatic nitrogens is 1. The summed E-state index contributed by atoms with van der Waals surface area (Å²) in [7, 11) is 0. The molecule has 0 spiro atoms. The fourth-order valence-electron chi connectivity index (χ4n) is 1.98. The number of nitrogens with one attached hydrogen (secondary N) is 2. The zero-order valence-electron chi connectivity index (χ0n) is 12.2. The number of amides is 1. The van der Waals surface area contributed by atoms with Crippen LogP contribution < -0.4 is 10.6 Å². The van der Waals surface area contributed by atoms with E-state index in [-0.39, 0.29) is 43.1 Å². The summed E-state index contributed by atoms with van der Waals surface area (Å²) in [4.78, 5) is 17.9. The highest BCUT2D eigenvalue weighted by molar-refractivity contribution is 5.91. The van der Waals surface area contributed by atoms with Gasteiger partial charge in [-0.25, -0.2) is 0 Å². The molecule has 1 saturated heterocycles. The molecule has 2 N–H and O–H groups in total. The molecular formula is C14H23Cl3N4O. The molecule has 0 saturated carbocycles. The number of halogens is 3. The van der Waals surface area contributed by atoms with Gasteiger partial charge in [-0.05, 0) is 17.7 Å². The van der Waals surface area contributed by atoms with Gasteiger partial charge in [0.1, 0.15) is 0 Å². The number of carbonyl (C=O) groups is 1. The van der Waals surface area contributed by atoms with Crippen LogP contribution in [0.3, 0.4) is 0 Å². The van der Waals surface area contributed by atoms with Crippen LogP contribution in [0.25, 0.3) is 6.08 Å². The van der Waals surface area contributed by atoms with Crippen molar-refractivity contribution in [3.05, 3.63) is 36.2 Å². The molecule has 126 valence electrons. The van der Waals surface area contributed by atoms with Gasteiger partial charge in [-0.3, -0.25) is 14.7 Å². The van der Waals surface area contributed by atoms with Crippen LogP contribution >= 0.6 is 37.2 Å². The highest BCUT2D eigenvalue weighted by atomic mass is 35.5. The van der Waals surface area contributed by atoms with Gasteiger partial charge >= 0.3 is 0 Å². The van der Waals surface area contributed by atoms with Crippen molar-refractivity contribution in [3.8, 4) is 0 Å². The van der Waals surface area contributed by atoms with Crippen LogP contribution in [0.5, 0.6) is 0 Å². The number of hydrogen-bond donors (Lipinski definition) is 2. The van der Waals surface area contributed by atoms with E-state index in [9.17, 15) is 4.79 Å². The molecule has 1 aromatic rings. The standard InChI is InChI=1S/C14H20N4O.3ClH/c19-14(4-3-13-2-1-5-16-12-13)17-8-11-18-9-6-15-7-10-18;;;/h1-5,12,15H,6-11H2,(H,17,19);3*1H/b4-3-;;;. The third kappa shape index (κ3) is 9.23. The number of hydrogen-bond acceptors (Lipinski definition) is 4. The van der Waals surface area contributed by atoms with Gasteiger partial charge in [-0.15, -0.1) is 37.2 Å². The average Bonchev–Trinajstić information content (AvgIpc) is 2.47. The normalized spacial score (nSPS) is 14.4. The Morgan fingerprint density at radius 1 is 1.32 bits per heavy atom. The number of piperazine rings is 1. The zero-order valence-corrected chi connectivity index (χ0v) is 14.7. The summed E-state index contributed by atoms with van der Waals surface area (Å²) in [5.74, 6) is -0.0565. The lowest BCUT2D eigenvalue weighted by atomic mass is 10.2. The van der Waals surface area contributed by atoms with Crippen molar-refractivity contribution in [2.75, 3.05) is 39.3 Å². The van der Waals surface area contributed by atoms with Crippen molar-refractivity contribution in [1.82, 2.24) is 20.5 Å². The molecule has 0 bridgehead atoms. The van der Waals surface area contributed by atoms with Gasteiger partial charge in [0.15, 0.2) is 0 Å². The van der Waals surface area contributed by atoms with E-state index in [4.69, 9.17) is 0 Å². The Hall–Kier alpha value is -0.850. The van der Waals surface area contributed by atoms with Crippen molar-refractivity contribution < 1.29 is 4.79 Å². The molecule has 1 aliphatic heterocycles. The van der Waals surface area contributed by atoms with E-state index in [0.29, 0.717) is 6.54 Å². The van der Waals surface area contributed by atoms with Crippen molar-refractivity contribution in [1.29, 1.82) is 0 Å². The lowest BCUT2D eigenvalue weighted by Gasteiger charge is -2.26. The lowest BCUT2D eigenvalue weighted by Crippen LogP contribution is -2.46. The quantitative estimate of drug-likeness (QED) is 0.770. The Bertz CT molecular complexity index is 425. The second-order valence-electron chi connectivity index (χ2n) is 4.50. The summed E-state index contributed by atoms with van der Waals surface area (Å²) in [6.45, 7) is 5.79. The summed E-state index contributed by atoms with van der Waals surface area (Å²) >= 11 is 0. The Morgan fingerprint density at radius 3 is 2.68 bits per heavy atom. The zero-order chi connectivity index (χ0) is 13.3. The number of carbonyl (C=O) groups excluding carboxylic acids is 1. The molecule has 1 aliphatic rings. The predicted octanol–water partition coefficient (Wildman–Crippen LogP) is 1.38. The fraction of sp³-hybridized carbons (Fsp3) is 0.429. The minimum atomic E-state index is -0.0565. The number of rotatable bonds is 5. The van der Waals surface area contributed by atoms with E-state index in [0.717, 1.165) is 38.3 Å². The van der Waals surface area contributed by atoms with Gasteiger partial charge < -0.3 is 10.6 Å². The van der Waals surface area contributed by atoms with Gasteiger partial charge in [0, 0.05) is 57.7 Å². The topological polar surface area (TPSA) is 57.3 Å². The van der Waals surface area contributed by atoms with Gasteiger partial charge in [-0.1, -0.05) is 6.07 Å². The molecule has 2 heterocycles. The molecule has 0 unspecified atom stereocenters. The van der Waals surface area contributed by atoms with E-state index in [2.05, 4.69) is 20.5 Å². The summed E-state index contributed by atoms with van der Waals surface area (Å²) in [6, 6.07) is 3.76. The van der Waals surface area contributed by atoms with Crippen molar-refractivity contribution in [2.45, 2.75) is 0 Å². The van der Waals surface area contributed by atoms with Gasteiger partial charge in [0.05, 0.1) is 0 Å². The Balaban J connectivity index is 0. The predicted molar refractivity (Wildman–Crippen MR) is 97.3 cm³/mol. The minimum absolute atomic E-state index is 0. The Kier molecular flexibility index (Phi) is 14.7. The van der Waals surface area contributed by atoms with Crippen LogP contribution in [0.4, 0.5) is 0 Å². The third-order valence-corrected chi connectivity index (χ3v) is 3.05. The summed E-state index contributed by atoms with van der Waals surface area (Å²) in [5, 5.41) is 6.20. The first-order valence-electron chi connectivity index (χ1n) is 6.63. The molecule has 1 aromatic heterocycles. The van der Waals surface area contributed by atoms with Crippen LogP contribution in [0.1, 0.15) is 5.56 Å². The second-order valence-corrected chi connectivity index (χ2v) is 4.50. The van der Waals surface area contributed by atoms with Crippen LogP contribution in [0.15, 0.2) is 30.6 Å². The maximum atomic E-state index is 11.6. The van der Waals surface area contributed by atoms with Crippen molar-refractivity contribution >= 4 is 49.2 Å². The van der Waals surface area contributed by atoms with Crippen LogP contribution in [-0.2, 0) is 4.79 Å². The first kappa shape index (κ1) is 23.4. The summed E-state index contributed by atoms with van der Waals surface area (Å²) in [6.07, 6.45) is 6.76. The minimum Gasteiger partial charge on any atom is -0.351 e. The first-order valence-corrected chi connectivity index (χ1v) is 6.63. The monoisotopic (exact) mass is 368 g/mol. The molecule has 5 nitrogen and oxygen atoms in total. The molecule has 0 radical (unpaired) electrons. The van der Waals surface area contributed by atoms with E-state index < -0.39 is 0 Å². The van der Waals surface area contributed by atoms with E-state index in [1.807, 2.05) is 12.1 Å². The van der Waals surface area contributed by atoms with Crippen LogP contribution in [0.2, 0.25) is 0 Å². The van der Waals surface area contributed by atoms with Gasteiger partial charge in [-0.2, -0.15) is 0 Å². The molecule has 1 amide bonds. The van der Waals surface area contributed by atoms with E-state index >= 15 is 0 Å². The molecule has 0 atom stereocenters. The molecule has 1 fully saturated rings. The van der Waals surface area contributed by atoms with E-state index in [1.54, 1.807) is 24.5 Å². The van der Waals surface area contributed by atoms with Crippen LogP contribution in [0, 0.1) is 0 Å². The lowest BCUT2D eigenvalue weighted by molar-refractivity contribution is -0.116. The molecule has 22 heavy (non-hydrogen) atoms. The summed E-state index contributed by atoms with van der Waals surface area (Å²) < 4.78 is 0. The number of nitrogens with zero attached hydrogens (tertiary/aromatic N) is 2. The maximum Gasteiger partial charge on any atom is 0.244 e. The van der Waals surface area contributed by atoms with E-state index in [1.165, 1.54) is 0 Å². The molecule has 8 heteroatoms. The maximum absolute atomic E-state index is 11.6. The third-order valence-electron chi connectivity index (χ3n) is 3.05. The van der Waals surface area contributed by atoms with Crippen molar-refractivity contribution in [2.24, 2.45) is 0 Å². The molecule has 2 rings (SSSR count). The SMILES string of the molecule is Cl.Cl.Cl.O=C(/C=C\c1cccnc1)NCCN1CCNCC1. The largest absolute Gasteiger partial charge is 0.351 e. The second kappa shape index (κ2) is 13.8. The van der Waals surface area contributed by atoms with Crippen molar-refractivity contribution in [3.63, 3.8) is 0 Å². The van der Waals surface area contributed by atoms with Crippen LogP contribution in [-0.4, -0.2) is 55.1 Å². The smallest absolute Gasteiger partial charge is 0.244 e. The fourth-order valence-corrected chi connectivity index (χ4v) is 1.98. The van der Waals surface area contributed by atoms with Gasteiger partial charge in [0.25, 0.3) is 0 Å². The highest BCUT2D eigenvalue weighted by Gasteiger charge is 2.08. The molecule has 0 aromatic carbocycles. The number of pyridine rings is 1. The van der Waals surface area contributed by atoms with Gasteiger partial charge in [0.2, 0.25) is 5.91 Å². The Morgan fingerprint density at radius 2 is 2.05 bits per heavy atom. The highest BCUT2D eigenvalue weighted by Crippen LogP contribution is 1.97. The summed E-state index contributed by atoms with van der Waals surface area (Å²) in [5.41, 5.74) is 0.930. The molecular weight excluding hydrogens is 347 g/mol. The first-order chi connectivity index (χ1) is 9.34. The Labute approximate surface area is 150 Å². The molecule has 0 aliphatic carbocycles.